The monoisotopic (exact) mass is 341 g/mol. The third-order valence-corrected chi connectivity index (χ3v) is 3.12. The maximum absolute atomic E-state index is 13.1. The van der Waals surface area contributed by atoms with Gasteiger partial charge in [0.2, 0.25) is 0 Å². The van der Waals surface area contributed by atoms with Gasteiger partial charge in [0.1, 0.15) is 18.2 Å². The van der Waals surface area contributed by atoms with Crippen LogP contribution in [-0.4, -0.2) is 5.97 Å². The van der Waals surface area contributed by atoms with E-state index in [0.29, 0.717) is 5.56 Å². The Kier molecular flexibility index (Phi) is 4.34. The Morgan fingerprint density at radius 2 is 1.95 bits per heavy atom. The highest BCUT2D eigenvalue weighted by molar-refractivity contribution is 9.10. The predicted octanol–water partition coefficient (Wildman–Crippen LogP) is 3.67. The fraction of sp³-hybridized carbons (Fsp3) is 0.0714. The molecule has 0 spiro atoms. The molecule has 0 heterocycles. The molecule has 3 nitrogen and oxygen atoms in total. The van der Waals surface area contributed by atoms with Crippen molar-refractivity contribution in [3.63, 3.8) is 0 Å². The Morgan fingerprint density at radius 1 is 1.20 bits per heavy atom. The van der Waals surface area contributed by atoms with Gasteiger partial charge >= 0.3 is 5.97 Å². The molecule has 104 valence electrons. The van der Waals surface area contributed by atoms with Crippen molar-refractivity contribution in [1.82, 2.24) is 0 Å². The van der Waals surface area contributed by atoms with Gasteiger partial charge in [0.15, 0.2) is 0 Å². The van der Waals surface area contributed by atoms with Crippen molar-refractivity contribution < 1.29 is 18.3 Å². The van der Waals surface area contributed by atoms with E-state index in [1.807, 2.05) is 0 Å². The van der Waals surface area contributed by atoms with Crippen molar-refractivity contribution in [2.45, 2.75) is 6.61 Å². The lowest BCUT2D eigenvalue weighted by Gasteiger charge is -2.06. The first-order valence-corrected chi connectivity index (χ1v) is 6.42. The number of ether oxygens (including phenoxy) is 1. The Hall–Kier alpha value is -1.95. The summed E-state index contributed by atoms with van der Waals surface area (Å²) in [6, 6.07) is 7.72. The molecule has 0 radical (unpaired) electrons. The number of esters is 1. The smallest absolute Gasteiger partial charge is 0.338 e. The topological polar surface area (TPSA) is 52.3 Å². The van der Waals surface area contributed by atoms with E-state index in [1.54, 1.807) is 0 Å². The van der Waals surface area contributed by atoms with Gasteiger partial charge in [-0.25, -0.2) is 13.6 Å². The van der Waals surface area contributed by atoms with Gasteiger partial charge in [-0.15, -0.1) is 0 Å². The van der Waals surface area contributed by atoms with E-state index >= 15 is 0 Å². The van der Waals surface area contributed by atoms with Crippen LogP contribution in [0, 0.1) is 11.6 Å². The van der Waals surface area contributed by atoms with Crippen molar-refractivity contribution >= 4 is 27.6 Å². The summed E-state index contributed by atoms with van der Waals surface area (Å²) in [6.07, 6.45) is 0. The minimum Gasteiger partial charge on any atom is -0.457 e. The van der Waals surface area contributed by atoms with Gasteiger partial charge in [-0.3, -0.25) is 0 Å². The van der Waals surface area contributed by atoms with E-state index in [9.17, 15) is 13.6 Å². The minimum absolute atomic E-state index is 0.0312. The van der Waals surface area contributed by atoms with Gasteiger partial charge in [-0.1, -0.05) is 6.07 Å². The maximum Gasteiger partial charge on any atom is 0.338 e. The van der Waals surface area contributed by atoms with E-state index in [0.717, 1.165) is 12.1 Å². The highest BCUT2D eigenvalue weighted by atomic mass is 79.9. The lowest BCUT2D eigenvalue weighted by Crippen LogP contribution is -2.06. The summed E-state index contributed by atoms with van der Waals surface area (Å²) in [7, 11) is 0. The molecule has 0 aliphatic rings. The zero-order valence-electron chi connectivity index (χ0n) is 10.2. The first-order chi connectivity index (χ1) is 9.45. The molecule has 20 heavy (non-hydrogen) atoms. The molecular formula is C14H10BrF2NO2. The SMILES string of the molecule is Nc1cc(F)cc(C(=O)OCc2ccc(F)c(Br)c2)c1. The molecule has 0 fully saturated rings. The van der Waals surface area contributed by atoms with Gasteiger partial charge in [-0.05, 0) is 51.8 Å². The lowest BCUT2D eigenvalue weighted by molar-refractivity contribution is 0.0472. The van der Waals surface area contributed by atoms with Crippen molar-refractivity contribution in [1.29, 1.82) is 0 Å². The van der Waals surface area contributed by atoms with E-state index in [4.69, 9.17) is 10.5 Å². The molecule has 2 rings (SSSR count). The molecule has 2 N–H and O–H groups in total. The number of nitrogens with two attached hydrogens (primary N) is 1. The van der Waals surface area contributed by atoms with E-state index in [-0.39, 0.29) is 22.3 Å². The Bertz CT molecular complexity index is 641. The van der Waals surface area contributed by atoms with Crippen LogP contribution in [0.5, 0.6) is 0 Å². The molecule has 2 aromatic carbocycles. The first-order valence-electron chi connectivity index (χ1n) is 5.63. The highest BCUT2D eigenvalue weighted by Gasteiger charge is 2.10. The van der Waals surface area contributed by atoms with Gasteiger partial charge in [0, 0.05) is 5.69 Å². The second-order valence-electron chi connectivity index (χ2n) is 4.10. The van der Waals surface area contributed by atoms with Crippen LogP contribution in [-0.2, 0) is 11.3 Å². The second kappa shape index (κ2) is 6.00. The van der Waals surface area contributed by atoms with Crippen LogP contribution in [0.25, 0.3) is 0 Å². The molecule has 0 amide bonds. The van der Waals surface area contributed by atoms with Crippen molar-refractivity contribution in [2.24, 2.45) is 0 Å². The van der Waals surface area contributed by atoms with Crippen LogP contribution in [0.15, 0.2) is 40.9 Å². The Morgan fingerprint density at radius 3 is 2.60 bits per heavy atom. The molecule has 0 atom stereocenters. The number of rotatable bonds is 3. The molecule has 6 heteroatoms. The Labute approximate surface area is 122 Å². The zero-order chi connectivity index (χ0) is 14.7. The van der Waals surface area contributed by atoms with E-state index in [1.165, 1.54) is 24.3 Å². The number of hydrogen-bond donors (Lipinski definition) is 1. The first kappa shape index (κ1) is 14.5. The highest BCUT2D eigenvalue weighted by Crippen LogP contribution is 2.18. The van der Waals surface area contributed by atoms with Crippen LogP contribution < -0.4 is 5.73 Å². The minimum atomic E-state index is -0.698. The number of anilines is 1. The van der Waals surface area contributed by atoms with Gasteiger partial charge < -0.3 is 10.5 Å². The molecule has 0 aliphatic carbocycles. The number of carbonyl (C=O) groups is 1. The van der Waals surface area contributed by atoms with Crippen LogP contribution in [0.4, 0.5) is 14.5 Å². The van der Waals surface area contributed by atoms with Crippen LogP contribution >= 0.6 is 15.9 Å². The number of hydrogen-bond acceptors (Lipinski definition) is 3. The average molecular weight is 342 g/mol. The standard InChI is InChI=1S/C14H10BrF2NO2/c15-12-3-8(1-2-13(12)17)7-20-14(19)9-4-10(16)6-11(18)5-9/h1-6H,7,18H2. The lowest BCUT2D eigenvalue weighted by atomic mass is 10.2. The van der Waals surface area contributed by atoms with E-state index < -0.39 is 17.6 Å². The zero-order valence-corrected chi connectivity index (χ0v) is 11.8. The summed E-state index contributed by atoms with van der Waals surface area (Å²) in [5, 5.41) is 0. The summed E-state index contributed by atoms with van der Waals surface area (Å²) in [5.74, 6) is -1.71. The largest absolute Gasteiger partial charge is 0.457 e. The second-order valence-corrected chi connectivity index (χ2v) is 4.95. The van der Waals surface area contributed by atoms with Crippen molar-refractivity contribution in [3.8, 4) is 0 Å². The van der Waals surface area contributed by atoms with Gasteiger partial charge in [-0.2, -0.15) is 0 Å². The summed E-state index contributed by atoms with van der Waals surface area (Å²) < 4.78 is 31.4. The van der Waals surface area contributed by atoms with Crippen molar-refractivity contribution in [2.75, 3.05) is 5.73 Å². The average Bonchev–Trinajstić information content (AvgIpc) is 2.38. The number of nitrogen functional groups attached to an aromatic ring is 1. The third kappa shape index (κ3) is 3.54. The predicted molar refractivity (Wildman–Crippen MR) is 74.0 cm³/mol. The summed E-state index contributed by atoms with van der Waals surface area (Å²) in [5.41, 5.74) is 6.22. The molecule has 0 bridgehead atoms. The Balaban J connectivity index is 2.06. The molecule has 0 unspecified atom stereocenters. The molecular weight excluding hydrogens is 332 g/mol. The number of benzene rings is 2. The van der Waals surface area contributed by atoms with E-state index in [2.05, 4.69) is 15.9 Å². The molecule has 0 saturated heterocycles. The summed E-state index contributed by atoms with van der Waals surface area (Å²) in [4.78, 5) is 11.7. The fourth-order valence-corrected chi connectivity index (χ4v) is 2.02. The van der Waals surface area contributed by atoms with Gasteiger partial charge in [0.25, 0.3) is 0 Å². The number of carbonyl (C=O) groups excluding carboxylic acids is 1. The van der Waals surface area contributed by atoms with Crippen LogP contribution in [0.2, 0.25) is 0 Å². The molecule has 0 saturated carbocycles. The van der Waals surface area contributed by atoms with Crippen LogP contribution in [0.3, 0.4) is 0 Å². The summed E-state index contributed by atoms with van der Waals surface area (Å²) in [6.45, 7) is -0.0475. The molecule has 0 aliphatic heterocycles. The van der Waals surface area contributed by atoms with Crippen LogP contribution in [0.1, 0.15) is 15.9 Å². The molecule has 0 aromatic heterocycles. The fourth-order valence-electron chi connectivity index (χ4n) is 1.59. The number of halogens is 3. The maximum atomic E-state index is 13.1. The molecule has 2 aromatic rings. The van der Waals surface area contributed by atoms with Crippen molar-refractivity contribution in [3.05, 3.63) is 63.6 Å². The van der Waals surface area contributed by atoms with Gasteiger partial charge in [0.05, 0.1) is 10.0 Å². The third-order valence-electron chi connectivity index (χ3n) is 2.51. The normalized spacial score (nSPS) is 10.3. The summed E-state index contributed by atoms with van der Waals surface area (Å²) >= 11 is 3.04. The quantitative estimate of drug-likeness (QED) is 0.684.